The van der Waals surface area contributed by atoms with Gasteiger partial charge >= 0.3 is 11.9 Å². The van der Waals surface area contributed by atoms with Gasteiger partial charge in [-0.05, 0) is 6.42 Å². The van der Waals surface area contributed by atoms with Gasteiger partial charge in [-0.25, -0.2) is 0 Å². The van der Waals surface area contributed by atoms with Gasteiger partial charge in [-0.15, -0.1) is 0 Å². The first kappa shape index (κ1) is 16.9. The zero-order valence-corrected chi connectivity index (χ0v) is 12.0. The molecule has 0 amide bonds. The molecule has 4 atom stereocenters. The van der Waals surface area contributed by atoms with Crippen molar-refractivity contribution < 1.29 is 33.6 Å². The van der Waals surface area contributed by atoms with Crippen LogP contribution in [0.2, 0.25) is 0 Å². The van der Waals surface area contributed by atoms with Gasteiger partial charge in [-0.3, -0.25) is 9.59 Å². The van der Waals surface area contributed by atoms with E-state index >= 15 is 0 Å². The van der Waals surface area contributed by atoms with Crippen molar-refractivity contribution in [3.8, 4) is 0 Å². The summed E-state index contributed by atoms with van der Waals surface area (Å²) in [7, 11) is 0. The van der Waals surface area contributed by atoms with E-state index in [0.29, 0.717) is 6.61 Å². The van der Waals surface area contributed by atoms with Crippen LogP contribution in [0.15, 0.2) is 0 Å². The number of carbonyl (C=O) groups excluding carboxylic acids is 2. The van der Waals surface area contributed by atoms with Gasteiger partial charge in [0.1, 0.15) is 6.10 Å². The number of unbranched alkanes of at least 4 members (excludes halogenated alkanes) is 1. The van der Waals surface area contributed by atoms with E-state index in [2.05, 4.69) is 0 Å². The van der Waals surface area contributed by atoms with Crippen molar-refractivity contribution in [1.82, 2.24) is 0 Å². The van der Waals surface area contributed by atoms with Crippen molar-refractivity contribution in [2.75, 3.05) is 13.2 Å². The zero-order valence-electron chi connectivity index (χ0n) is 12.0. The molecule has 0 unspecified atom stereocenters. The van der Waals surface area contributed by atoms with Gasteiger partial charge in [0.25, 0.3) is 0 Å². The Morgan fingerprint density at radius 3 is 2.30 bits per heavy atom. The molecule has 1 rings (SSSR count). The Labute approximate surface area is 118 Å². The summed E-state index contributed by atoms with van der Waals surface area (Å²) in [5.41, 5.74) is 0. The Bertz CT molecular complexity index is 331. The molecule has 1 aliphatic heterocycles. The second kappa shape index (κ2) is 8.18. The van der Waals surface area contributed by atoms with E-state index in [9.17, 15) is 14.7 Å². The number of aliphatic hydroxyl groups is 1. The average Bonchev–Trinajstić information content (AvgIpc) is 2.62. The molecule has 1 aliphatic rings. The molecule has 0 aromatic rings. The van der Waals surface area contributed by atoms with Gasteiger partial charge in [0.15, 0.2) is 18.5 Å². The van der Waals surface area contributed by atoms with Crippen LogP contribution in [0.25, 0.3) is 0 Å². The molecule has 0 radical (unpaired) electrons. The molecule has 0 saturated carbocycles. The van der Waals surface area contributed by atoms with Crippen LogP contribution in [0.4, 0.5) is 0 Å². The largest absolute Gasteiger partial charge is 0.455 e. The minimum Gasteiger partial charge on any atom is -0.455 e. The predicted molar refractivity (Wildman–Crippen MR) is 67.7 cm³/mol. The van der Waals surface area contributed by atoms with E-state index in [1.165, 1.54) is 13.8 Å². The lowest BCUT2D eigenvalue weighted by atomic mass is 10.1. The summed E-state index contributed by atoms with van der Waals surface area (Å²) in [5.74, 6) is -1.12. The maximum atomic E-state index is 11.1. The quantitative estimate of drug-likeness (QED) is 0.535. The highest BCUT2D eigenvalue weighted by Crippen LogP contribution is 2.26. The highest BCUT2D eigenvalue weighted by molar-refractivity contribution is 5.67. The van der Waals surface area contributed by atoms with Crippen LogP contribution in [-0.4, -0.2) is 54.9 Å². The second-order valence-electron chi connectivity index (χ2n) is 4.64. The van der Waals surface area contributed by atoms with Gasteiger partial charge in [-0.1, -0.05) is 13.3 Å². The molecule has 0 aromatic carbocycles. The number of ether oxygens (including phenoxy) is 4. The molecule has 0 aliphatic carbocycles. The van der Waals surface area contributed by atoms with Crippen LogP contribution in [-0.2, 0) is 28.5 Å². The molecule has 1 fully saturated rings. The number of aliphatic hydroxyl groups excluding tert-OH is 1. The molecule has 1 N–H and O–H groups in total. The monoisotopic (exact) mass is 290 g/mol. The Morgan fingerprint density at radius 1 is 1.15 bits per heavy atom. The third-order valence-corrected chi connectivity index (χ3v) is 2.81. The molecule has 0 aromatic heterocycles. The summed E-state index contributed by atoms with van der Waals surface area (Å²) in [6.45, 7) is 5.20. The predicted octanol–water partition coefficient (Wildman–Crippen LogP) is 0.384. The van der Waals surface area contributed by atoms with Crippen LogP contribution in [0.1, 0.15) is 33.6 Å². The lowest BCUT2D eigenvalue weighted by Gasteiger charge is -2.22. The highest BCUT2D eigenvalue weighted by atomic mass is 16.7. The van der Waals surface area contributed by atoms with Crippen LogP contribution in [0.3, 0.4) is 0 Å². The van der Waals surface area contributed by atoms with Crippen molar-refractivity contribution in [3.63, 3.8) is 0 Å². The first-order valence-electron chi connectivity index (χ1n) is 6.71. The Balaban J connectivity index is 2.62. The van der Waals surface area contributed by atoms with Crippen molar-refractivity contribution >= 4 is 11.9 Å². The van der Waals surface area contributed by atoms with Gasteiger partial charge in [0, 0.05) is 20.5 Å². The summed E-state index contributed by atoms with van der Waals surface area (Å²) < 4.78 is 20.7. The maximum Gasteiger partial charge on any atom is 0.303 e. The summed E-state index contributed by atoms with van der Waals surface area (Å²) in [6, 6.07) is 0. The smallest absolute Gasteiger partial charge is 0.303 e. The fourth-order valence-corrected chi connectivity index (χ4v) is 1.94. The molecule has 0 spiro atoms. The standard InChI is InChI=1S/C13H22O7/c1-4-5-6-17-7-10-11(18-8(2)14)12(13(16)20-10)19-9(3)15/h10-13,16H,4-7H2,1-3H3/t10-,11-,12-,13+/m1/s1. The molecule has 7 heteroatoms. The SMILES string of the molecule is CCCCOC[C@H]1O[C@H](O)[C@H](OC(C)=O)[C@@H]1OC(C)=O. The Kier molecular flexibility index (Phi) is 6.90. The third kappa shape index (κ3) is 5.07. The summed E-state index contributed by atoms with van der Waals surface area (Å²) >= 11 is 0. The average molecular weight is 290 g/mol. The van der Waals surface area contributed by atoms with Crippen molar-refractivity contribution in [2.45, 2.75) is 58.2 Å². The number of hydrogen-bond donors (Lipinski definition) is 1. The normalized spacial score (nSPS) is 29.2. The molecule has 20 heavy (non-hydrogen) atoms. The number of esters is 2. The van der Waals surface area contributed by atoms with Crippen molar-refractivity contribution in [1.29, 1.82) is 0 Å². The molecular weight excluding hydrogens is 268 g/mol. The fourth-order valence-electron chi connectivity index (χ4n) is 1.94. The minimum absolute atomic E-state index is 0.159. The third-order valence-electron chi connectivity index (χ3n) is 2.81. The second-order valence-corrected chi connectivity index (χ2v) is 4.64. The van der Waals surface area contributed by atoms with Gasteiger partial charge in [0.05, 0.1) is 6.61 Å². The maximum absolute atomic E-state index is 11.1. The van der Waals surface area contributed by atoms with Gasteiger partial charge in [0.2, 0.25) is 0 Å². The summed E-state index contributed by atoms with van der Waals surface area (Å²) in [6.07, 6.45) is -1.99. The van der Waals surface area contributed by atoms with Gasteiger partial charge in [-0.2, -0.15) is 0 Å². The molecule has 1 saturated heterocycles. The molecule has 7 nitrogen and oxygen atoms in total. The minimum atomic E-state index is -1.33. The van der Waals surface area contributed by atoms with E-state index in [0.717, 1.165) is 12.8 Å². The summed E-state index contributed by atoms with van der Waals surface area (Å²) in [5, 5.41) is 9.75. The van der Waals surface area contributed by atoms with Crippen LogP contribution in [0, 0.1) is 0 Å². The molecule has 116 valence electrons. The molecule has 0 bridgehead atoms. The first-order valence-corrected chi connectivity index (χ1v) is 6.71. The number of hydrogen-bond acceptors (Lipinski definition) is 7. The first-order chi connectivity index (χ1) is 9.45. The van der Waals surface area contributed by atoms with Crippen LogP contribution in [0.5, 0.6) is 0 Å². The van der Waals surface area contributed by atoms with E-state index in [-0.39, 0.29) is 6.61 Å². The number of rotatable bonds is 7. The highest BCUT2D eigenvalue weighted by Gasteiger charge is 2.48. The van der Waals surface area contributed by atoms with Crippen molar-refractivity contribution in [2.24, 2.45) is 0 Å². The van der Waals surface area contributed by atoms with Crippen LogP contribution < -0.4 is 0 Å². The van der Waals surface area contributed by atoms with E-state index < -0.39 is 36.5 Å². The Hall–Kier alpha value is -1.18. The van der Waals surface area contributed by atoms with E-state index in [1.54, 1.807) is 0 Å². The summed E-state index contributed by atoms with van der Waals surface area (Å²) in [4.78, 5) is 22.1. The number of carbonyl (C=O) groups is 2. The van der Waals surface area contributed by atoms with E-state index in [1.807, 2.05) is 6.92 Å². The fraction of sp³-hybridized carbons (Fsp3) is 0.846. The van der Waals surface area contributed by atoms with Crippen LogP contribution >= 0.6 is 0 Å². The van der Waals surface area contributed by atoms with Crippen molar-refractivity contribution in [3.05, 3.63) is 0 Å². The molecule has 1 heterocycles. The Morgan fingerprint density at radius 2 is 1.75 bits per heavy atom. The zero-order chi connectivity index (χ0) is 15.1. The van der Waals surface area contributed by atoms with E-state index in [4.69, 9.17) is 18.9 Å². The topological polar surface area (TPSA) is 91.3 Å². The lowest BCUT2D eigenvalue weighted by molar-refractivity contribution is -0.174. The van der Waals surface area contributed by atoms with Gasteiger partial charge < -0.3 is 24.1 Å². The molecular formula is C13H22O7. The lowest BCUT2D eigenvalue weighted by Crippen LogP contribution is -2.41.